The molecule has 21 heavy (non-hydrogen) atoms. The third kappa shape index (κ3) is 2.70. The lowest BCUT2D eigenvalue weighted by molar-refractivity contribution is -0.137. The van der Waals surface area contributed by atoms with Crippen molar-refractivity contribution >= 4 is 0 Å². The summed E-state index contributed by atoms with van der Waals surface area (Å²) < 4.78 is 91.2. The average Bonchev–Trinajstić information content (AvgIpc) is 2.37. The monoisotopic (exact) mass is 309 g/mol. The molecule has 1 aromatic carbocycles. The Hall–Kier alpha value is -2.12. The van der Waals surface area contributed by atoms with Crippen LogP contribution < -0.4 is 0 Å². The fourth-order valence-electron chi connectivity index (χ4n) is 1.79. The maximum atomic E-state index is 13.6. The number of hydrogen-bond acceptors (Lipinski definition) is 1. The van der Waals surface area contributed by atoms with Gasteiger partial charge in [-0.2, -0.15) is 26.9 Å². The van der Waals surface area contributed by atoms with Gasteiger partial charge in [0.2, 0.25) is 0 Å². The molecule has 0 amide bonds. The van der Waals surface area contributed by atoms with Gasteiger partial charge in [0.25, 0.3) is 11.9 Å². The first-order valence-electron chi connectivity index (χ1n) is 5.51. The Morgan fingerprint density at radius 2 is 1.43 bits per heavy atom. The van der Waals surface area contributed by atoms with Gasteiger partial charge in [-0.25, -0.2) is 8.78 Å². The fraction of sp³-hybridized carbons (Fsp3) is 0.154. The van der Waals surface area contributed by atoms with Crippen molar-refractivity contribution in [3.8, 4) is 11.1 Å². The minimum absolute atomic E-state index is 0.0193. The Morgan fingerprint density at radius 1 is 0.905 bits per heavy atom. The van der Waals surface area contributed by atoms with Crippen LogP contribution in [0.1, 0.15) is 11.1 Å². The van der Waals surface area contributed by atoms with Crippen LogP contribution in [0.3, 0.4) is 0 Å². The van der Waals surface area contributed by atoms with E-state index in [1.807, 2.05) is 0 Å². The fourth-order valence-corrected chi connectivity index (χ4v) is 1.79. The van der Waals surface area contributed by atoms with E-state index >= 15 is 0 Å². The van der Waals surface area contributed by atoms with Crippen molar-refractivity contribution in [2.24, 2.45) is 0 Å². The lowest BCUT2D eigenvalue weighted by atomic mass is 9.97. The summed E-state index contributed by atoms with van der Waals surface area (Å²) in [5.74, 6) is -7.56. The van der Waals surface area contributed by atoms with Crippen LogP contribution in [0.15, 0.2) is 18.2 Å². The zero-order valence-corrected chi connectivity index (χ0v) is 10.3. The number of pyridine rings is 1. The Kier molecular flexibility index (Phi) is 3.65. The molecular formula is C13H6F7N. The van der Waals surface area contributed by atoms with Gasteiger partial charge >= 0.3 is 6.18 Å². The van der Waals surface area contributed by atoms with Gasteiger partial charge in [-0.1, -0.05) is 6.07 Å². The van der Waals surface area contributed by atoms with Crippen molar-refractivity contribution in [3.63, 3.8) is 0 Å². The van der Waals surface area contributed by atoms with Gasteiger partial charge in [-0.05, 0) is 30.2 Å². The molecule has 0 radical (unpaired) electrons. The molecule has 0 aliphatic carbocycles. The molecule has 0 atom stereocenters. The predicted molar refractivity (Wildman–Crippen MR) is 59.2 cm³/mol. The van der Waals surface area contributed by atoms with E-state index in [-0.39, 0.29) is 5.56 Å². The number of rotatable bonds is 1. The molecule has 0 aliphatic rings. The van der Waals surface area contributed by atoms with Crippen molar-refractivity contribution in [2.75, 3.05) is 0 Å². The maximum Gasteiger partial charge on any atom is 0.416 e. The van der Waals surface area contributed by atoms with Crippen LogP contribution in [0.2, 0.25) is 0 Å². The Morgan fingerprint density at radius 3 is 1.90 bits per heavy atom. The van der Waals surface area contributed by atoms with E-state index in [0.29, 0.717) is 12.1 Å². The largest absolute Gasteiger partial charge is 0.416 e. The number of benzene rings is 1. The molecule has 8 heteroatoms. The minimum atomic E-state index is -4.76. The van der Waals surface area contributed by atoms with Crippen LogP contribution in [0, 0.1) is 30.5 Å². The summed E-state index contributed by atoms with van der Waals surface area (Å²) in [6.07, 6.45) is -4.76. The third-order valence-electron chi connectivity index (χ3n) is 2.83. The van der Waals surface area contributed by atoms with Gasteiger partial charge in [0.05, 0.1) is 11.1 Å². The molecule has 1 nitrogen and oxygen atoms in total. The summed E-state index contributed by atoms with van der Waals surface area (Å²) in [6.45, 7) is 1.25. The molecule has 0 fully saturated rings. The quantitative estimate of drug-likeness (QED) is 0.553. The highest BCUT2D eigenvalue weighted by molar-refractivity contribution is 5.69. The van der Waals surface area contributed by atoms with Gasteiger partial charge < -0.3 is 0 Å². The van der Waals surface area contributed by atoms with Crippen molar-refractivity contribution < 1.29 is 30.7 Å². The summed E-state index contributed by atoms with van der Waals surface area (Å²) >= 11 is 0. The number of hydrogen-bond donors (Lipinski definition) is 0. The zero-order valence-electron chi connectivity index (χ0n) is 10.3. The van der Waals surface area contributed by atoms with E-state index in [4.69, 9.17) is 0 Å². The van der Waals surface area contributed by atoms with E-state index in [0.717, 1.165) is 6.07 Å². The zero-order chi connectivity index (χ0) is 15.9. The van der Waals surface area contributed by atoms with Crippen molar-refractivity contribution in [1.82, 2.24) is 4.98 Å². The second kappa shape index (κ2) is 5.01. The van der Waals surface area contributed by atoms with Crippen LogP contribution in [-0.4, -0.2) is 4.98 Å². The number of halogens is 7. The number of alkyl halides is 3. The second-order valence-corrected chi connectivity index (χ2v) is 4.22. The molecule has 2 rings (SSSR count). The summed E-state index contributed by atoms with van der Waals surface area (Å²) in [5, 5.41) is 0. The van der Waals surface area contributed by atoms with Crippen LogP contribution in [-0.2, 0) is 6.18 Å². The Bertz CT molecular complexity index is 680. The van der Waals surface area contributed by atoms with Crippen molar-refractivity contribution in [2.45, 2.75) is 13.1 Å². The number of aryl methyl sites for hydroxylation is 1. The topological polar surface area (TPSA) is 12.9 Å². The highest BCUT2D eigenvalue weighted by Crippen LogP contribution is 2.36. The first kappa shape index (κ1) is 15.3. The molecule has 0 unspecified atom stereocenters. The molecule has 0 saturated carbocycles. The van der Waals surface area contributed by atoms with Gasteiger partial charge in [-0.15, -0.1) is 0 Å². The normalized spacial score (nSPS) is 11.8. The standard InChI is InChI=1S/C13H6F7N/c1-5-2-3-6(13(18,19)20)4-7(5)8-9(14)11(16)21-12(17)10(8)15/h2-4H,1H3. The summed E-state index contributed by atoms with van der Waals surface area (Å²) in [4.78, 5) is 2.35. The molecule has 1 heterocycles. The molecular weight excluding hydrogens is 303 g/mol. The third-order valence-corrected chi connectivity index (χ3v) is 2.83. The molecule has 0 N–H and O–H groups in total. The van der Waals surface area contributed by atoms with Crippen molar-refractivity contribution in [3.05, 3.63) is 52.9 Å². The van der Waals surface area contributed by atoms with Gasteiger partial charge in [0.15, 0.2) is 11.6 Å². The van der Waals surface area contributed by atoms with E-state index in [1.54, 1.807) is 0 Å². The van der Waals surface area contributed by atoms with Crippen LogP contribution >= 0.6 is 0 Å². The predicted octanol–water partition coefficient (Wildman–Crippen LogP) is 4.63. The number of aromatic nitrogens is 1. The lowest BCUT2D eigenvalue weighted by Gasteiger charge is -2.13. The Balaban J connectivity index is 2.79. The smallest absolute Gasteiger partial charge is 0.201 e. The van der Waals surface area contributed by atoms with Gasteiger partial charge in [0, 0.05) is 0 Å². The van der Waals surface area contributed by atoms with E-state index in [9.17, 15) is 30.7 Å². The second-order valence-electron chi connectivity index (χ2n) is 4.22. The Labute approximate surface area is 114 Å². The summed E-state index contributed by atoms with van der Waals surface area (Å²) in [6, 6.07) is 2.07. The molecule has 0 aliphatic heterocycles. The van der Waals surface area contributed by atoms with E-state index < -0.39 is 46.4 Å². The van der Waals surface area contributed by atoms with E-state index in [1.165, 1.54) is 6.92 Å². The molecule has 0 saturated heterocycles. The van der Waals surface area contributed by atoms with Crippen LogP contribution in [0.25, 0.3) is 11.1 Å². The van der Waals surface area contributed by atoms with E-state index in [2.05, 4.69) is 4.98 Å². The van der Waals surface area contributed by atoms with Crippen LogP contribution in [0.4, 0.5) is 30.7 Å². The SMILES string of the molecule is Cc1ccc(C(F)(F)F)cc1-c1c(F)c(F)nc(F)c1F. The number of nitrogens with zero attached hydrogens (tertiary/aromatic N) is 1. The lowest BCUT2D eigenvalue weighted by Crippen LogP contribution is -2.07. The first-order valence-corrected chi connectivity index (χ1v) is 5.51. The van der Waals surface area contributed by atoms with Gasteiger partial charge in [0.1, 0.15) is 0 Å². The van der Waals surface area contributed by atoms with Gasteiger partial charge in [-0.3, -0.25) is 0 Å². The molecule has 0 spiro atoms. The molecule has 112 valence electrons. The first-order chi connectivity index (χ1) is 9.62. The minimum Gasteiger partial charge on any atom is -0.201 e. The maximum absolute atomic E-state index is 13.6. The highest BCUT2D eigenvalue weighted by Gasteiger charge is 2.32. The molecule has 1 aromatic heterocycles. The van der Waals surface area contributed by atoms with Crippen LogP contribution in [0.5, 0.6) is 0 Å². The van der Waals surface area contributed by atoms with Crippen molar-refractivity contribution in [1.29, 1.82) is 0 Å². The molecule has 0 bridgehead atoms. The molecule has 2 aromatic rings. The average molecular weight is 309 g/mol. The highest BCUT2D eigenvalue weighted by atomic mass is 19.4. The summed E-state index contributed by atoms with van der Waals surface area (Å²) in [5.41, 5.74) is -2.99. The summed E-state index contributed by atoms with van der Waals surface area (Å²) in [7, 11) is 0.